The average molecular weight is 320 g/mol. The maximum absolute atomic E-state index is 12.5. The van der Waals surface area contributed by atoms with Crippen LogP contribution in [0.25, 0.3) is 0 Å². The first-order chi connectivity index (χ1) is 11.8. The van der Waals surface area contributed by atoms with Crippen LogP contribution < -0.4 is 10.1 Å². The second kappa shape index (κ2) is 7.32. The van der Waals surface area contributed by atoms with Crippen LogP contribution in [0, 0.1) is 0 Å². The molecular formula is C18H16N4O2. The van der Waals surface area contributed by atoms with E-state index >= 15 is 0 Å². The Kier molecular flexibility index (Phi) is 4.76. The first-order valence-electron chi connectivity index (χ1n) is 7.40. The van der Waals surface area contributed by atoms with Crippen LogP contribution in [0.5, 0.6) is 5.75 Å². The summed E-state index contributed by atoms with van der Waals surface area (Å²) >= 11 is 0. The molecular weight excluding hydrogens is 304 g/mol. The van der Waals surface area contributed by atoms with Crippen molar-refractivity contribution in [1.82, 2.24) is 20.3 Å². The number of nitrogens with zero attached hydrogens (tertiary/aromatic N) is 3. The van der Waals surface area contributed by atoms with Crippen LogP contribution in [-0.2, 0) is 0 Å². The molecule has 120 valence electrons. The summed E-state index contributed by atoms with van der Waals surface area (Å²) in [5.41, 5.74) is 1.77. The molecule has 0 spiro atoms. The van der Waals surface area contributed by atoms with Gasteiger partial charge in [-0.1, -0.05) is 24.3 Å². The molecule has 0 saturated carbocycles. The van der Waals surface area contributed by atoms with Gasteiger partial charge in [-0.05, 0) is 18.2 Å². The molecule has 24 heavy (non-hydrogen) atoms. The molecule has 0 fully saturated rings. The van der Waals surface area contributed by atoms with Crippen molar-refractivity contribution in [3.63, 3.8) is 0 Å². The number of amides is 1. The second-order valence-electron chi connectivity index (χ2n) is 4.99. The van der Waals surface area contributed by atoms with Gasteiger partial charge in [-0.2, -0.15) is 0 Å². The normalized spacial score (nSPS) is 11.5. The van der Waals surface area contributed by atoms with Crippen molar-refractivity contribution in [2.24, 2.45) is 0 Å². The monoisotopic (exact) mass is 320 g/mol. The van der Waals surface area contributed by atoms with Crippen LogP contribution in [0.1, 0.15) is 27.8 Å². The molecule has 1 aromatic carbocycles. The fourth-order valence-corrected chi connectivity index (χ4v) is 2.38. The van der Waals surface area contributed by atoms with Gasteiger partial charge in [0, 0.05) is 24.2 Å². The van der Waals surface area contributed by atoms with Crippen LogP contribution >= 0.6 is 0 Å². The minimum atomic E-state index is -0.461. The molecule has 1 atom stereocenters. The van der Waals surface area contributed by atoms with Crippen molar-refractivity contribution in [2.45, 2.75) is 6.04 Å². The zero-order chi connectivity index (χ0) is 16.8. The average Bonchev–Trinajstić information content (AvgIpc) is 2.67. The van der Waals surface area contributed by atoms with Gasteiger partial charge in [-0.25, -0.2) is 4.98 Å². The first kappa shape index (κ1) is 15.6. The van der Waals surface area contributed by atoms with Crippen molar-refractivity contribution in [3.05, 3.63) is 84.2 Å². The molecule has 2 aromatic heterocycles. The third-order valence-electron chi connectivity index (χ3n) is 3.50. The molecule has 0 aliphatic carbocycles. The quantitative estimate of drug-likeness (QED) is 0.781. The summed E-state index contributed by atoms with van der Waals surface area (Å²) in [5.74, 6) is 0.345. The van der Waals surface area contributed by atoms with Gasteiger partial charge in [0.1, 0.15) is 17.5 Å². The lowest BCUT2D eigenvalue weighted by Crippen LogP contribution is -2.30. The lowest BCUT2D eigenvalue weighted by Gasteiger charge is -2.20. The Morgan fingerprint density at radius 2 is 1.88 bits per heavy atom. The number of hydrogen-bond acceptors (Lipinski definition) is 5. The summed E-state index contributed by atoms with van der Waals surface area (Å²) in [7, 11) is 1.60. The van der Waals surface area contributed by atoms with Crippen molar-refractivity contribution >= 4 is 5.91 Å². The first-order valence-corrected chi connectivity index (χ1v) is 7.40. The number of ether oxygens (including phenoxy) is 1. The molecule has 0 unspecified atom stereocenters. The number of hydrogen-bond donors (Lipinski definition) is 1. The van der Waals surface area contributed by atoms with Gasteiger partial charge in [0.25, 0.3) is 5.91 Å². The number of para-hydroxylation sites is 1. The minimum absolute atomic E-state index is 0.244. The fraction of sp³-hybridized carbons (Fsp3) is 0.111. The van der Waals surface area contributed by atoms with Crippen LogP contribution in [0.2, 0.25) is 0 Å². The second-order valence-corrected chi connectivity index (χ2v) is 4.99. The highest BCUT2D eigenvalue weighted by atomic mass is 16.5. The summed E-state index contributed by atoms with van der Waals surface area (Å²) in [6.45, 7) is 0. The van der Waals surface area contributed by atoms with Gasteiger partial charge < -0.3 is 10.1 Å². The van der Waals surface area contributed by atoms with Crippen molar-refractivity contribution in [2.75, 3.05) is 7.11 Å². The van der Waals surface area contributed by atoms with Crippen molar-refractivity contribution in [3.8, 4) is 5.75 Å². The van der Waals surface area contributed by atoms with E-state index < -0.39 is 6.04 Å². The topological polar surface area (TPSA) is 77.0 Å². The Hall–Kier alpha value is -3.28. The van der Waals surface area contributed by atoms with E-state index in [2.05, 4.69) is 20.3 Å². The molecule has 2 heterocycles. The number of aromatic nitrogens is 3. The molecule has 0 saturated heterocycles. The summed E-state index contributed by atoms with van der Waals surface area (Å²) in [6, 6.07) is 12.6. The maximum atomic E-state index is 12.5. The number of carbonyl (C=O) groups is 1. The van der Waals surface area contributed by atoms with E-state index in [1.807, 2.05) is 42.5 Å². The molecule has 0 aliphatic rings. The Morgan fingerprint density at radius 3 is 2.58 bits per heavy atom. The minimum Gasteiger partial charge on any atom is -0.496 e. The third-order valence-corrected chi connectivity index (χ3v) is 3.50. The zero-order valence-electron chi connectivity index (χ0n) is 13.1. The smallest absolute Gasteiger partial charge is 0.272 e. The molecule has 3 rings (SSSR count). The molecule has 1 amide bonds. The highest BCUT2D eigenvalue weighted by Gasteiger charge is 2.22. The van der Waals surface area contributed by atoms with Crippen LogP contribution in [0.4, 0.5) is 0 Å². The number of nitrogens with one attached hydrogen (secondary N) is 1. The molecule has 6 nitrogen and oxygen atoms in total. The number of methoxy groups -OCH3 is 1. The van der Waals surface area contributed by atoms with Crippen LogP contribution in [0.15, 0.2) is 67.3 Å². The fourth-order valence-electron chi connectivity index (χ4n) is 2.38. The van der Waals surface area contributed by atoms with E-state index in [1.165, 1.54) is 18.6 Å². The summed E-state index contributed by atoms with van der Waals surface area (Å²) < 4.78 is 5.43. The Labute approximate surface area is 139 Å². The molecule has 6 heteroatoms. The summed E-state index contributed by atoms with van der Waals surface area (Å²) in [5, 5.41) is 2.96. The molecule has 0 aliphatic heterocycles. The van der Waals surface area contributed by atoms with Gasteiger partial charge in [-0.3, -0.25) is 14.8 Å². The number of rotatable bonds is 5. The van der Waals surface area contributed by atoms with E-state index in [4.69, 9.17) is 4.74 Å². The highest BCUT2D eigenvalue weighted by Crippen LogP contribution is 2.29. The lowest BCUT2D eigenvalue weighted by atomic mass is 10.0. The van der Waals surface area contributed by atoms with E-state index in [0.717, 1.165) is 5.56 Å². The van der Waals surface area contributed by atoms with Gasteiger partial charge >= 0.3 is 0 Å². The van der Waals surface area contributed by atoms with Gasteiger partial charge in [0.2, 0.25) is 0 Å². The Bertz CT molecular complexity index is 810. The standard InChI is InChI=1S/C18H16N4O2/c1-24-16-8-3-2-6-13(16)17(14-7-4-5-9-20-14)22-18(23)15-12-19-10-11-21-15/h2-12,17H,1H3,(H,22,23)/t17-/m1/s1. The van der Waals surface area contributed by atoms with E-state index in [9.17, 15) is 4.79 Å². The van der Waals surface area contributed by atoms with Crippen molar-refractivity contribution in [1.29, 1.82) is 0 Å². The Morgan fingerprint density at radius 1 is 1.04 bits per heavy atom. The highest BCUT2D eigenvalue weighted by molar-refractivity contribution is 5.92. The lowest BCUT2D eigenvalue weighted by molar-refractivity contribution is 0.0936. The van der Waals surface area contributed by atoms with E-state index in [-0.39, 0.29) is 11.6 Å². The van der Waals surface area contributed by atoms with Gasteiger partial charge in [-0.15, -0.1) is 0 Å². The zero-order valence-corrected chi connectivity index (χ0v) is 13.1. The van der Waals surface area contributed by atoms with Gasteiger partial charge in [0.15, 0.2) is 0 Å². The predicted molar refractivity (Wildman–Crippen MR) is 88.6 cm³/mol. The number of benzene rings is 1. The van der Waals surface area contributed by atoms with Crippen LogP contribution in [-0.4, -0.2) is 28.0 Å². The molecule has 0 bridgehead atoms. The summed E-state index contributed by atoms with van der Waals surface area (Å²) in [4.78, 5) is 24.9. The third kappa shape index (κ3) is 3.38. The Balaban J connectivity index is 1.99. The van der Waals surface area contributed by atoms with E-state index in [0.29, 0.717) is 11.4 Å². The predicted octanol–water partition coefficient (Wildman–Crippen LogP) is 2.40. The SMILES string of the molecule is COc1ccccc1[C@@H](NC(=O)c1cnccn1)c1ccccn1. The van der Waals surface area contributed by atoms with Crippen molar-refractivity contribution < 1.29 is 9.53 Å². The van der Waals surface area contributed by atoms with Crippen LogP contribution in [0.3, 0.4) is 0 Å². The molecule has 3 aromatic rings. The molecule has 0 radical (unpaired) electrons. The maximum Gasteiger partial charge on any atom is 0.272 e. The van der Waals surface area contributed by atoms with Gasteiger partial charge in [0.05, 0.1) is 19.0 Å². The molecule has 1 N–H and O–H groups in total. The number of carbonyl (C=O) groups excluding carboxylic acids is 1. The van der Waals surface area contributed by atoms with E-state index in [1.54, 1.807) is 13.3 Å². The largest absolute Gasteiger partial charge is 0.496 e. The summed E-state index contributed by atoms with van der Waals surface area (Å²) in [6.07, 6.45) is 6.11. The number of pyridine rings is 1.